The number of H-pyrrole nitrogens is 1. The number of nitriles is 1. The van der Waals surface area contributed by atoms with Gasteiger partial charge in [-0.25, -0.2) is 12.8 Å². The molecule has 2 aliphatic heterocycles. The Morgan fingerprint density at radius 1 is 1.27 bits per heavy atom. The number of fused-ring (bicyclic) bond motifs is 2. The molecule has 0 amide bonds. The fourth-order valence-corrected chi connectivity index (χ4v) is 7.41. The SMILES string of the molecule is CN1Cc2ccc(Nc3nn(C4(CC#N)CCC(N5CC(F)C5)CC4)c4cc[nH]c(=O)c34)cc2S1(=O)=O. The standard InChI is InChI=1S/C25H28FN7O3S/c1-31-13-16-2-3-18(12-21(16)37(31,35)36)29-23-22-20(6-11-28-24(22)34)33(30-23)25(9-10-27)7-4-19(5-8-25)32-14-17(26)15-32/h2-3,6,11-12,17,19H,4-5,7-9,13-15H2,1H3,(H,28,34)(H,29,30). The lowest BCUT2D eigenvalue weighted by molar-refractivity contribution is -0.00330. The molecule has 4 heterocycles. The van der Waals surface area contributed by atoms with Crippen LogP contribution in [0.25, 0.3) is 10.9 Å². The molecule has 37 heavy (non-hydrogen) atoms. The number of sulfonamides is 1. The second kappa shape index (κ2) is 8.65. The third kappa shape index (κ3) is 3.84. The Labute approximate surface area is 213 Å². The first-order valence-corrected chi connectivity index (χ1v) is 13.9. The van der Waals surface area contributed by atoms with Gasteiger partial charge in [0.05, 0.1) is 28.4 Å². The fourth-order valence-electron chi connectivity index (χ4n) is 6.03. The van der Waals surface area contributed by atoms with E-state index in [1.807, 2.05) is 4.68 Å². The van der Waals surface area contributed by atoms with Crippen LogP contribution in [-0.2, 0) is 22.1 Å². The molecule has 1 saturated heterocycles. The number of pyridine rings is 1. The molecule has 1 aliphatic carbocycles. The van der Waals surface area contributed by atoms with E-state index < -0.39 is 21.7 Å². The van der Waals surface area contributed by atoms with E-state index in [0.29, 0.717) is 60.4 Å². The fraction of sp³-hybridized carbons (Fsp3) is 0.480. The molecule has 0 spiro atoms. The van der Waals surface area contributed by atoms with E-state index in [0.717, 1.165) is 12.8 Å². The van der Waals surface area contributed by atoms with E-state index in [2.05, 4.69) is 21.3 Å². The summed E-state index contributed by atoms with van der Waals surface area (Å²) in [4.78, 5) is 18.0. The highest BCUT2D eigenvalue weighted by Gasteiger charge is 2.43. The highest BCUT2D eigenvalue weighted by Crippen LogP contribution is 2.42. The summed E-state index contributed by atoms with van der Waals surface area (Å²) in [6, 6.07) is 9.50. The number of hydrogen-bond donors (Lipinski definition) is 2. The summed E-state index contributed by atoms with van der Waals surface area (Å²) in [6.45, 7) is 1.25. The molecular formula is C25H28FN7O3S. The van der Waals surface area contributed by atoms with Crippen molar-refractivity contribution in [2.45, 2.75) is 61.3 Å². The minimum Gasteiger partial charge on any atom is -0.338 e. The average molecular weight is 526 g/mol. The number of alkyl halides is 1. The van der Waals surface area contributed by atoms with Gasteiger partial charge in [-0.15, -0.1) is 0 Å². The van der Waals surface area contributed by atoms with Gasteiger partial charge in [-0.1, -0.05) is 6.07 Å². The number of aromatic amines is 1. The first-order chi connectivity index (χ1) is 17.7. The van der Waals surface area contributed by atoms with Crippen LogP contribution in [0.1, 0.15) is 37.7 Å². The van der Waals surface area contributed by atoms with E-state index in [4.69, 9.17) is 5.10 Å². The molecule has 0 unspecified atom stereocenters. The normalized spacial score (nSPS) is 26.0. The van der Waals surface area contributed by atoms with Gasteiger partial charge >= 0.3 is 0 Å². The number of halogens is 1. The predicted molar refractivity (Wildman–Crippen MR) is 136 cm³/mol. The lowest BCUT2D eigenvalue weighted by Gasteiger charge is -2.47. The van der Waals surface area contributed by atoms with Crippen LogP contribution in [-0.4, -0.2) is 64.7 Å². The van der Waals surface area contributed by atoms with Gasteiger partial charge in [0.15, 0.2) is 5.82 Å². The zero-order chi connectivity index (χ0) is 25.9. The third-order valence-electron chi connectivity index (χ3n) is 8.14. The highest BCUT2D eigenvalue weighted by molar-refractivity contribution is 7.89. The van der Waals surface area contributed by atoms with Gasteiger partial charge in [0, 0.05) is 44.6 Å². The smallest absolute Gasteiger partial charge is 0.261 e. The molecule has 1 saturated carbocycles. The third-order valence-corrected chi connectivity index (χ3v) is 10.0. The topological polar surface area (TPSA) is 127 Å². The maximum Gasteiger partial charge on any atom is 0.261 e. The van der Waals surface area contributed by atoms with Gasteiger partial charge < -0.3 is 10.3 Å². The van der Waals surface area contributed by atoms with Crippen LogP contribution in [0.4, 0.5) is 15.9 Å². The van der Waals surface area contributed by atoms with Crippen molar-refractivity contribution >= 4 is 32.4 Å². The van der Waals surface area contributed by atoms with Gasteiger partial charge in [-0.05, 0) is 49.4 Å². The van der Waals surface area contributed by atoms with Crippen LogP contribution in [0.15, 0.2) is 40.2 Å². The van der Waals surface area contributed by atoms with Crippen LogP contribution in [0, 0.1) is 11.3 Å². The van der Waals surface area contributed by atoms with Crippen molar-refractivity contribution in [3.05, 3.63) is 46.4 Å². The first kappa shape index (κ1) is 24.1. The predicted octanol–water partition coefficient (Wildman–Crippen LogP) is 2.81. The van der Waals surface area contributed by atoms with E-state index in [1.54, 1.807) is 37.5 Å². The van der Waals surface area contributed by atoms with Crippen LogP contribution in [0.3, 0.4) is 0 Å². The Bertz CT molecular complexity index is 1580. The summed E-state index contributed by atoms with van der Waals surface area (Å²) in [7, 11) is -2.02. The molecule has 0 bridgehead atoms. The van der Waals surface area contributed by atoms with Gasteiger partial charge in [0.2, 0.25) is 10.0 Å². The Morgan fingerprint density at radius 3 is 2.73 bits per heavy atom. The summed E-state index contributed by atoms with van der Waals surface area (Å²) in [6.07, 6.45) is 4.05. The summed E-state index contributed by atoms with van der Waals surface area (Å²) in [5, 5.41) is 18.1. The molecule has 3 aromatic rings. The molecular weight excluding hydrogens is 497 g/mol. The number of anilines is 2. The molecule has 1 aromatic carbocycles. The molecule has 194 valence electrons. The van der Waals surface area contributed by atoms with Crippen LogP contribution in [0.2, 0.25) is 0 Å². The Hall–Kier alpha value is -3.27. The van der Waals surface area contributed by atoms with Crippen molar-refractivity contribution < 1.29 is 12.8 Å². The zero-order valence-corrected chi connectivity index (χ0v) is 21.3. The second-order valence-corrected chi connectivity index (χ2v) is 12.4. The van der Waals surface area contributed by atoms with Crippen molar-refractivity contribution in [2.24, 2.45) is 0 Å². The molecule has 0 radical (unpaired) electrons. The molecule has 6 rings (SSSR count). The first-order valence-electron chi connectivity index (χ1n) is 12.4. The molecule has 2 aromatic heterocycles. The largest absolute Gasteiger partial charge is 0.338 e. The maximum atomic E-state index is 13.4. The zero-order valence-electron chi connectivity index (χ0n) is 20.4. The monoisotopic (exact) mass is 525 g/mol. The van der Waals surface area contributed by atoms with Gasteiger partial charge in [0.25, 0.3) is 5.56 Å². The Kier molecular flexibility index (Phi) is 5.63. The Balaban J connectivity index is 1.38. The van der Waals surface area contributed by atoms with E-state index in [9.17, 15) is 22.9 Å². The lowest BCUT2D eigenvalue weighted by atomic mass is 9.76. The number of nitrogens with one attached hydrogen (secondary N) is 2. The van der Waals surface area contributed by atoms with E-state index in [-0.39, 0.29) is 22.9 Å². The van der Waals surface area contributed by atoms with E-state index in [1.165, 1.54) is 4.31 Å². The van der Waals surface area contributed by atoms with Crippen molar-refractivity contribution in [1.82, 2.24) is 24.0 Å². The average Bonchev–Trinajstić information content (AvgIpc) is 3.33. The number of benzene rings is 1. The maximum absolute atomic E-state index is 13.4. The van der Waals surface area contributed by atoms with E-state index >= 15 is 0 Å². The molecule has 10 nitrogen and oxygen atoms in total. The Morgan fingerprint density at radius 2 is 2.03 bits per heavy atom. The molecule has 2 fully saturated rings. The molecule has 2 N–H and O–H groups in total. The number of hydrogen-bond acceptors (Lipinski definition) is 7. The summed E-state index contributed by atoms with van der Waals surface area (Å²) >= 11 is 0. The number of rotatable bonds is 5. The highest BCUT2D eigenvalue weighted by atomic mass is 32.2. The van der Waals surface area contributed by atoms with Gasteiger partial charge in [-0.3, -0.25) is 14.4 Å². The lowest BCUT2D eigenvalue weighted by Crippen LogP contribution is -2.55. The van der Waals surface area contributed by atoms with Crippen molar-refractivity contribution in [1.29, 1.82) is 5.26 Å². The number of nitrogens with zero attached hydrogens (tertiary/aromatic N) is 5. The molecule has 12 heteroatoms. The molecule has 0 atom stereocenters. The van der Waals surface area contributed by atoms with Crippen molar-refractivity contribution in [3.63, 3.8) is 0 Å². The summed E-state index contributed by atoms with van der Waals surface area (Å²) in [5.74, 6) is 0.308. The number of aromatic nitrogens is 3. The van der Waals surface area contributed by atoms with Gasteiger partial charge in [-0.2, -0.15) is 14.7 Å². The molecule has 3 aliphatic rings. The van der Waals surface area contributed by atoms with Crippen molar-refractivity contribution in [2.75, 3.05) is 25.5 Å². The number of likely N-dealkylation sites (tertiary alicyclic amines) is 1. The minimum absolute atomic E-state index is 0.234. The van der Waals surface area contributed by atoms with Crippen LogP contribution >= 0.6 is 0 Å². The van der Waals surface area contributed by atoms with Crippen molar-refractivity contribution in [3.8, 4) is 6.07 Å². The summed E-state index contributed by atoms with van der Waals surface area (Å²) in [5.41, 5.74) is 0.911. The van der Waals surface area contributed by atoms with Gasteiger partial charge in [0.1, 0.15) is 11.6 Å². The van der Waals surface area contributed by atoms with Crippen LogP contribution < -0.4 is 10.9 Å². The van der Waals surface area contributed by atoms with Crippen LogP contribution in [0.5, 0.6) is 0 Å². The minimum atomic E-state index is -3.56. The quantitative estimate of drug-likeness (QED) is 0.524. The second-order valence-electron chi connectivity index (χ2n) is 10.4. The summed E-state index contributed by atoms with van der Waals surface area (Å²) < 4.78 is 41.9.